The van der Waals surface area contributed by atoms with Crippen molar-refractivity contribution in [3.05, 3.63) is 40.6 Å². The number of anilines is 3. The van der Waals surface area contributed by atoms with Crippen molar-refractivity contribution in [1.82, 2.24) is 9.97 Å². The van der Waals surface area contributed by atoms with Crippen LogP contribution in [0.4, 0.5) is 17.3 Å². The summed E-state index contributed by atoms with van der Waals surface area (Å²) in [5.41, 5.74) is 7.60. The minimum atomic E-state index is 0.413. The van der Waals surface area contributed by atoms with Crippen molar-refractivity contribution in [3.8, 4) is 0 Å². The van der Waals surface area contributed by atoms with E-state index in [1.54, 1.807) is 6.20 Å². The van der Waals surface area contributed by atoms with E-state index in [9.17, 15) is 0 Å². The van der Waals surface area contributed by atoms with Crippen LogP contribution in [0.1, 0.15) is 5.56 Å². The summed E-state index contributed by atoms with van der Waals surface area (Å²) < 4.78 is 1.02. The third kappa shape index (κ3) is 2.49. The summed E-state index contributed by atoms with van der Waals surface area (Å²) in [5.74, 6) is 1.09. The number of nitrogens with one attached hydrogen (secondary N) is 1. The smallest absolute Gasteiger partial charge is 0.149 e. The second kappa shape index (κ2) is 4.49. The zero-order valence-electron chi connectivity index (χ0n) is 8.74. The highest BCUT2D eigenvalue weighted by Gasteiger charge is 2.01. The van der Waals surface area contributed by atoms with Gasteiger partial charge in [0.05, 0.1) is 12.4 Å². The molecule has 4 nitrogen and oxygen atoms in total. The highest BCUT2D eigenvalue weighted by atomic mass is 79.9. The van der Waals surface area contributed by atoms with Gasteiger partial charge in [-0.1, -0.05) is 22.0 Å². The van der Waals surface area contributed by atoms with Gasteiger partial charge >= 0.3 is 0 Å². The van der Waals surface area contributed by atoms with Gasteiger partial charge in [0.25, 0.3) is 0 Å². The summed E-state index contributed by atoms with van der Waals surface area (Å²) in [5, 5.41) is 3.18. The van der Waals surface area contributed by atoms with Crippen molar-refractivity contribution in [1.29, 1.82) is 0 Å². The first kappa shape index (κ1) is 10.9. The molecule has 0 aliphatic carbocycles. The molecule has 0 radical (unpaired) electrons. The summed E-state index contributed by atoms with van der Waals surface area (Å²) in [6, 6.07) is 6.01. The molecule has 16 heavy (non-hydrogen) atoms. The Morgan fingerprint density at radius 2 is 2.06 bits per heavy atom. The van der Waals surface area contributed by atoms with Gasteiger partial charge in [0.1, 0.15) is 11.6 Å². The monoisotopic (exact) mass is 278 g/mol. The molecule has 5 heteroatoms. The van der Waals surface area contributed by atoms with Crippen LogP contribution in [0.3, 0.4) is 0 Å². The van der Waals surface area contributed by atoms with Gasteiger partial charge in [-0.3, -0.25) is 0 Å². The molecular weight excluding hydrogens is 268 g/mol. The number of hydrogen-bond acceptors (Lipinski definition) is 4. The predicted molar refractivity (Wildman–Crippen MR) is 68.6 cm³/mol. The summed E-state index contributed by atoms with van der Waals surface area (Å²) in [4.78, 5) is 8.10. The standard InChI is InChI=1S/C11H11BrN4/c1-7-2-3-8(12)4-9(7)16-11-6-14-10(13)5-15-11/h2-6H,1H3,(H2,13,14)(H,15,16). The Kier molecular flexibility index (Phi) is 3.05. The molecule has 0 atom stereocenters. The number of aryl methyl sites for hydroxylation is 1. The van der Waals surface area contributed by atoms with Crippen LogP contribution < -0.4 is 11.1 Å². The fraction of sp³-hybridized carbons (Fsp3) is 0.0909. The fourth-order valence-corrected chi connectivity index (χ4v) is 1.63. The van der Waals surface area contributed by atoms with Crippen molar-refractivity contribution in [3.63, 3.8) is 0 Å². The van der Waals surface area contributed by atoms with Crippen molar-refractivity contribution < 1.29 is 0 Å². The van der Waals surface area contributed by atoms with Crippen LogP contribution in [-0.4, -0.2) is 9.97 Å². The molecular formula is C11H11BrN4. The van der Waals surface area contributed by atoms with Gasteiger partial charge in [-0.05, 0) is 24.6 Å². The average Bonchev–Trinajstić information content (AvgIpc) is 2.27. The van der Waals surface area contributed by atoms with Gasteiger partial charge in [-0.25, -0.2) is 9.97 Å². The van der Waals surface area contributed by atoms with Gasteiger partial charge in [-0.2, -0.15) is 0 Å². The third-order valence-corrected chi connectivity index (χ3v) is 2.63. The lowest BCUT2D eigenvalue weighted by atomic mass is 10.2. The van der Waals surface area contributed by atoms with E-state index in [-0.39, 0.29) is 0 Å². The Hall–Kier alpha value is -1.62. The van der Waals surface area contributed by atoms with E-state index in [4.69, 9.17) is 5.73 Å². The first-order valence-corrected chi connectivity index (χ1v) is 5.55. The van der Waals surface area contributed by atoms with Gasteiger partial charge in [-0.15, -0.1) is 0 Å². The molecule has 0 unspecified atom stereocenters. The number of nitrogen functional groups attached to an aromatic ring is 1. The maximum absolute atomic E-state index is 5.47. The normalized spacial score (nSPS) is 10.1. The third-order valence-electron chi connectivity index (χ3n) is 2.13. The quantitative estimate of drug-likeness (QED) is 0.887. The Labute approximate surface area is 102 Å². The minimum absolute atomic E-state index is 0.413. The van der Waals surface area contributed by atoms with Crippen LogP contribution >= 0.6 is 15.9 Å². The van der Waals surface area contributed by atoms with E-state index in [0.29, 0.717) is 11.6 Å². The van der Waals surface area contributed by atoms with Crippen LogP contribution in [0.2, 0.25) is 0 Å². The number of nitrogens with zero attached hydrogens (tertiary/aromatic N) is 2. The summed E-state index contributed by atoms with van der Waals surface area (Å²) in [7, 11) is 0. The minimum Gasteiger partial charge on any atom is -0.382 e. The molecule has 0 amide bonds. The second-order valence-electron chi connectivity index (χ2n) is 3.41. The van der Waals surface area contributed by atoms with E-state index in [2.05, 4.69) is 31.2 Å². The molecule has 0 fully saturated rings. The summed E-state index contributed by atoms with van der Waals surface area (Å²) in [6.07, 6.45) is 3.13. The summed E-state index contributed by atoms with van der Waals surface area (Å²) >= 11 is 3.43. The molecule has 3 N–H and O–H groups in total. The van der Waals surface area contributed by atoms with Crippen LogP contribution in [-0.2, 0) is 0 Å². The van der Waals surface area contributed by atoms with Crippen LogP contribution in [0, 0.1) is 6.92 Å². The van der Waals surface area contributed by atoms with Gasteiger partial charge in [0.15, 0.2) is 0 Å². The first-order valence-electron chi connectivity index (χ1n) is 4.76. The largest absolute Gasteiger partial charge is 0.382 e. The number of hydrogen-bond donors (Lipinski definition) is 2. The number of nitrogens with two attached hydrogens (primary N) is 1. The molecule has 1 aromatic carbocycles. The molecule has 0 bridgehead atoms. The van der Waals surface area contributed by atoms with Crippen LogP contribution in [0.5, 0.6) is 0 Å². The molecule has 2 rings (SSSR count). The highest BCUT2D eigenvalue weighted by molar-refractivity contribution is 9.10. The lowest BCUT2D eigenvalue weighted by molar-refractivity contribution is 1.20. The number of halogens is 1. The molecule has 2 aromatic rings. The van der Waals surface area contributed by atoms with Gasteiger partial charge in [0, 0.05) is 10.2 Å². The lowest BCUT2D eigenvalue weighted by Gasteiger charge is -2.08. The van der Waals surface area contributed by atoms with E-state index in [1.165, 1.54) is 6.20 Å². The fourth-order valence-electron chi connectivity index (χ4n) is 1.27. The Morgan fingerprint density at radius 1 is 1.25 bits per heavy atom. The number of rotatable bonds is 2. The topological polar surface area (TPSA) is 63.8 Å². The molecule has 82 valence electrons. The van der Waals surface area contributed by atoms with Crippen LogP contribution in [0.25, 0.3) is 0 Å². The number of aromatic nitrogens is 2. The Bertz CT molecular complexity index is 496. The zero-order chi connectivity index (χ0) is 11.5. The molecule has 1 heterocycles. The van der Waals surface area contributed by atoms with Crippen molar-refractivity contribution >= 4 is 33.3 Å². The molecule has 0 spiro atoms. The molecule has 0 saturated carbocycles. The lowest BCUT2D eigenvalue weighted by Crippen LogP contribution is -1.98. The zero-order valence-corrected chi connectivity index (χ0v) is 10.3. The molecule has 0 aliphatic heterocycles. The summed E-state index contributed by atoms with van der Waals surface area (Å²) in [6.45, 7) is 2.03. The highest BCUT2D eigenvalue weighted by Crippen LogP contribution is 2.23. The van der Waals surface area contributed by atoms with E-state index >= 15 is 0 Å². The Balaban J connectivity index is 2.26. The predicted octanol–water partition coefficient (Wildman–Crippen LogP) is 2.87. The van der Waals surface area contributed by atoms with E-state index in [1.807, 2.05) is 25.1 Å². The Morgan fingerprint density at radius 3 is 2.75 bits per heavy atom. The van der Waals surface area contributed by atoms with E-state index < -0.39 is 0 Å². The average molecular weight is 279 g/mol. The van der Waals surface area contributed by atoms with Crippen molar-refractivity contribution in [2.24, 2.45) is 0 Å². The molecule has 0 saturated heterocycles. The number of benzene rings is 1. The van der Waals surface area contributed by atoms with Crippen molar-refractivity contribution in [2.75, 3.05) is 11.1 Å². The van der Waals surface area contributed by atoms with Gasteiger partial charge in [0.2, 0.25) is 0 Å². The van der Waals surface area contributed by atoms with Gasteiger partial charge < -0.3 is 11.1 Å². The second-order valence-corrected chi connectivity index (χ2v) is 4.33. The van der Waals surface area contributed by atoms with Crippen LogP contribution in [0.15, 0.2) is 35.1 Å². The SMILES string of the molecule is Cc1ccc(Br)cc1Nc1cnc(N)cn1. The van der Waals surface area contributed by atoms with E-state index in [0.717, 1.165) is 15.7 Å². The van der Waals surface area contributed by atoms with Crippen molar-refractivity contribution in [2.45, 2.75) is 6.92 Å². The maximum Gasteiger partial charge on any atom is 0.149 e. The first-order chi connectivity index (χ1) is 7.65. The maximum atomic E-state index is 5.47. The molecule has 1 aromatic heterocycles. The molecule has 0 aliphatic rings.